The quantitative estimate of drug-likeness (QED) is 0.743. The second-order valence-corrected chi connectivity index (χ2v) is 6.88. The van der Waals surface area contributed by atoms with Crippen LogP contribution in [0.3, 0.4) is 0 Å². The molecule has 5 atom stereocenters. The van der Waals surface area contributed by atoms with Crippen LogP contribution in [0.1, 0.15) is 19.4 Å². The van der Waals surface area contributed by atoms with Gasteiger partial charge in [-0.1, -0.05) is 30.3 Å². The van der Waals surface area contributed by atoms with Gasteiger partial charge in [0.25, 0.3) is 0 Å². The van der Waals surface area contributed by atoms with Gasteiger partial charge in [-0.2, -0.15) is 5.06 Å². The van der Waals surface area contributed by atoms with E-state index in [9.17, 15) is 15.3 Å². The van der Waals surface area contributed by atoms with Crippen molar-refractivity contribution < 1.29 is 24.9 Å². The molecule has 3 N–H and O–H groups in total. The van der Waals surface area contributed by atoms with E-state index >= 15 is 0 Å². The normalized spacial score (nSPS) is 37.3. The lowest BCUT2D eigenvalue weighted by Gasteiger charge is -2.45. The maximum absolute atomic E-state index is 10.8. The summed E-state index contributed by atoms with van der Waals surface area (Å²) in [5, 5.41) is 32.6. The molecular weight excluding hydrogens is 298 g/mol. The zero-order valence-electron chi connectivity index (χ0n) is 13.5. The molecule has 2 aliphatic heterocycles. The number of rotatable bonds is 3. The minimum Gasteiger partial charge on any atom is -0.394 e. The van der Waals surface area contributed by atoms with Gasteiger partial charge >= 0.3 is 0 Å². The first-order chi connectivity index (χ1) is 10.9. The minimum atomic E-state index is -1.04. The van der Waals surface area contributed by atoms with Crippen molar-refractivity contribution in [2.45, 2.75) is 50.3 Å². The van der Waals surface area contributed by atoms with Crippen molar-refractivity contribution in [2.75, 3.05) is 13.2 Å². The molecular formula is C17H25NO5. The van der Waals surface area contributed by atoms with E-state index in [4.69, 9.17) is 9.57 Å². The van der Waals surface area contributed by atoms with Crippen molar-refractivity contribution in [3.05, 3.63) is 35.9 Å². The van der Waals surface area contributed by atoms with E-state index in [0.717, 1.165) is 5.56 Å². The topological polar surface area (TPSA) is 82.4 Å². The molecule has 6 heteroatoms. The molecule has 128 valence electrons. The van der Waals surface area contributed by atoms with Crippen molar-refractivity contribution in [1.82, 2.24) is 5.06 Å². The molecule has 2 fully saturated rings. The fourth-order valence-corrected chi connectivity index (χ4v) is 3.58. The molecule has 2 heterocycles. The highest BCUT2D eigenvalue weighted by atomic mass is 16.7. The Morgan fingerprint density at radius 1 is 1.17 bits per heavy atom. The zero-order chi connectivity index (χ0) is 16.6. The molecule has 0 spiro atoms. The van der Waals surface area contributed by atoms with Gasteiger partial charge in [0.05, 0.1) is 31.0 Å². The molecule has 0 aliphatic carbocycles. The Balaban J connectivity index is 1.88. The standard InChI is InChI=1S/C17H25NO5/c1-17(2)12-10-22-18(8-11-6-4-3-5-7-11)14(15(12)20)16(21)13(9-19)23-17/h3-7,12-16,19-21H,8-10H2,1-2H3/t12-,13-,14-,15+,16-/m0/s1. The summed E-state index contributed by atoms with van der Waals surface area (Å²) < 4.78 is 5.88. The summed E-state index contributed by atoms with van der Waals surface area (Å²) in [5.41, 5.74) is 0.330. The number of hydrogen-bond acceptors (Lipinski definition) is 6. The molecule has 23 heavy (non-hydrogen) atoms. The molecule has 2 bridgehead atoms. The van der Waals surface area contributed by atoms with E-state index in [0.29, 0.717) is 13.2 Å². The summed E-state index contributed by atoms with van der Waals surface area (Å²) in [6.45, 7) is 4.16. The molecule has 1 aromatic rings. The van der Waals surface area contributed by atoms with Gasteiger partial charge < -0.3 is 20.1 Å². The monoisotopic (exact) mass is 323 g/mol. The average Bonchev–Trinajstić information content (AvgIpc) is 2.56. The fraction of sp³-hybridized carbons (Fsp3) is 0.647. The maximum atomic E-state index is 10.8. The van der Waals surface area contributed by atoms with Crippen LogP contribution in [-0.4, -0.2) is 63.6 Å². The molecule has 1 aromatic carbocycles. The number of nitrogens with zero attached hydrogens (tertiary/aromatic N) is 1. The predicted molar refractivity (Wildman–Crippen MR) is 83.3 cm³/mol. The number of aliphatic hydroxyl groups is 3. The highest BCUT2D eigenvalue weighted by Crippen LogP contribution is 2.39. The van der Waals surface area contributed by atoms with Crippen LogP contribution in [0.15, 0.2) is 30.3 Å². The van der Waals surface area contributed by atoms with E-state index < -0.39 is 30.0 Å². The summed E-state index contributed by atoms with van der Waals surface area (Å²) >= 11 is 0. The lowest BCUT2D eigenvalue weighted by Crippen LogP contribution is -2.60. The average molecular weight is 323 g/mol. The van der Waals surface area contributed by atoms with Gasteiger partial charge in [0.15, 0.2) is 0 Å². The van der Waals surface area contributed by atoms with E-state index in [1.165, 1.54) is 0 Å². The first-order valence-electron chi connectivity index (χ1n) is 8.02. The SMILES string of the molecule is CC1(C)O[C@@H](CO)[C@H](O)[C@@H]2[C@H](O)[C@@H]1CON2Cc1ccccc1. The van der Waals surface area contributed by atoms with Crippen molar-refractivity contribution in [2.24, 2.45) is 5.92 Å². The number of aliphatic hydroxyl groups excluding tert-OH is 3. The highest BCUT2D eigenvalue weighted by molar-refractivity contribution is 5.15. The van der Waals surface area contributed by atoms with Crippen molar-refractivity contribution >= 4 is 0 Å². The molecule has 2 aliphatic rings. The number of hydroxylamine groups is 2. The third-order valence-electron chi connectivity index (χ3n) is 4.95. The van der Waals surface area contributed by atoms with Gasteiger partial charge in [0.1, 0.15) is 12.2 Å². The zero-order valence-corrected chi connectivity index (χ0v) is 13.5. The lowest BCUT2D eigenvalue weighted by atomic mass is 9.82. The van der Waals surface area contributed by atoms with Crippen molar-refractivity contribution in [1.29, 1.82) is 0 Å². The Hall–Kier alpha value is -1.02. The first kappa shape index (κ1) is 16.8. The smallest absolute Gasteiger partial charge is 0.109 e. The van der Waals surface area contributed by atoms with Crippen LogP contribution in [-0.2, 0) is 16.1 Å². The van der Waals surface area contributed by atoms with Gasteiger partial charge in [-0.05, 0) is 19.4 Å². The summed E-state index contributed by atoms with van der Waals surface area (Å²) in [4.78, 5) is 5.85. The van der Waals surface area contributed by atoms with Crippen molar-refractivity contribution in [3.63, 3.8) is 0 Å². The van der Waals surface area contributed by atoms with Gasteiger partial charge in [-0.25, -0.2) is 0 Å². The van der Waals surface area contributed by atoms with Crippen LogP contribution >= 0.6 is 0 Å². The fourth-order valence-electron chi connectivity index (χ4n) is 3.58. The summed E-state index contributed by atoms with van der Waals surface area (Å²) in [7, 11) is 0. The number of hydrogen-bond donors (Lipinski definition) is 3. The van der Waals surface area contributed by atoms with Gasteiger partial charge in [0.2, 0.25) is 0 Å². The molecule has 2 saturated heterocycles. The van der Waals surface area contributed by atoms with Crippen LogP contribution in [0.25, 0.3) is 0 Å². The van der Waals surface area contributed by atoms with E-state index in [-0.39, 0.29) is 12.5 Å². The largest absolute Gasteiger partial charge is 0.394 e. The number of fused-ring (bicyclic) bond motifs is 2. The van der Waals surface area contributed by atoms with Gasteiger partial charge in [-0.15, -0.1) is 0 Å². The Morgan fingerprint density at radius 2 is 1.87 bits per heavy atom. The van der Waals surface area contributed by atoms with Gasteiger partial charge in [-0.3, -0.25) is 4.84 Å². The van der Waals surface area contributed by atoms with E-state index in [1.807, 2.05) is 44.2 Å². The molecule has 0 saturated carbocycles. The Morgan fingerprint density at radius 3 is 2.52 bits per heavy atom. The van der Waals surface area contributed by atoms with Gasteiger partial charge in [0, 0.05) is 12.5 Å². The highest BCUT2D eigenvalue weighted by Gasteiger charge is 2.54. The number of ether oxygens (including phenoxy) is 1. The van der Waals surface area contributed by atoms with Crippen LogP contribution in [0.5, 0.6) is 0 Å². The third-order valence-corrected chi connectivity index (χ3v) is 4.95. The van der Waals surface area contributed by atoms with Crippen molar-refractivity contribution in [3.8, 4) is 0 Å². The Kier molecular flexibility index (Phi) is 4.73. The molecule has 0 aromatic heterocycles. The molecule has 0 amide bonds. The van der Waals surface area contributed by atoms with Crippen LogP contribution in [0, 0.1) is 5.92 Å². The second-order valence-electron chi connectivity index (χ2n) is 6.88. The van der Waals surface area contributed by atoms with E-state index in [2.05, 4.69) is 0 Å². The first-order valence-corrected chi connectivity index (χ1v) is 8.02. The maximum Gasteiger partial charge on any atom is 0.109 e. The second kappa shape index (κ2) is 6.47. The van der Waals surface area contributed by atoms with Crippen LogP contribution in [0.4, 0.5) is 0 Å². The third kappa shape index (κ3) is 3.15. The van der Waals surface area contributed by atoms with E-state index in [1.54, 1.807) is 5.06 Å². The van der Waals surface area contributed by atoms with Crippen LogP contribution < -0.4 is 0 Å². The summed E-state index contributed by atoms with van der Waals surface area (Å²) in [5.74, 6) is -0.272. The minimum absolute atomic E-state index is 0.272. The lowest BCUT2D eigenvalue weighted by molar-refractivity contribution is -0.285. The number of benzene rings is 1. The molecule has 3 rings (SSSR count). The molecule has 0 radical (unpaired) electrons. The predicted octanol–water partition coefficient (Wildman–Crippen LogP) is 0.310. The Bertz CT molecular complexity index is 523. The van der Waals surface area contributed by atoms with Crippen LogP contribution in [0.2, 0.25) is 0 Å². The Labute approximate surface area is 136 Å². The summed E-state index contributed by atoms with van der Waals surface area (Å²) in [6.07, 6.45) is -2.59. The molecule has 6 nitrogen and oxygen atoms in total. The molecule has 0 unspecified atom stereocenters. The summed E-state index contributed by atoms with van der Waals surface area (Å²) in [6, 6.07) is 9.09.